The quantitative estimate of drug-likeness (QED) is 0.376. The van der Waals surface area contributed by atoms with Crippen molar-refractivity contribution in [3.05, 3.63) is 101 Å². The van der Waals surface area contributed by atoms with Crippen LogP contribution in [0.2, 0.25) is 0 Å². The van der Waals surface area contributed by atoms with Gasteiger partial charge in [-0.1, -0.05) is 87.5 Å². The third-order valence-electron chi connectivity index (χ3n) is 6.25. The lowest BCUT2D eigenvalue weighted by Crippen LogP contribution is -2.52. The van der Waals surface area contributed by atoms with E-state index >= 15 is 0 Å². The monoisotopic (exact) mass is 486 g/mol. The van der Waals surface area contributed by atoms with Crippen molar-refractivity contribution in [2.75, 3.05) is 13.2 Å². The summed E-state index contributed by atoms with van der Waals surface area (Å²) in [4.78, 5) is 28.8. The van der Waals surface area contributed by atoms with Crippen LogP contribution in [0.25, 0.3) is 0 Å². The van der Waals surface area contributed by atoms with Gasteiger partial charge in [-0.15, -0.1) is 0 Å². The van der Waals surface area contributed by atoms with E-state index in [0.717, 1.165) is 23.1 Å². The van der Waals surface area contributed by atoms with E-state index in [1.165, 1.54) is 5.56 Å². The Morgan fingerprint density at radius 3 is 2.19 bits per heavy atom. The topological polar surface area (TPSA) is 58.6 Å². The fraction of sp³-hybridized carbons (Fsp3) is 0.355. The zero-order valence-corrected chi connectivity index (χ0v) is 21.9. The smallest absolute Gasteiger partial charge is 0.261 e. The second-order valence-electron chi connectivity index (χ2n) is 9.58. The molecule has 3 aromatic rings. The molecule has 1 atom stereocenters. The highest BCUT2D eigenvalue weighted by Crippen LogP contribution is 2.18. The van der Waals surface area contributed by atoms with E-state index in [9.17, 15) is 9.59 Å². The first-order chi connectivity index (χ1) is 17.4. The van der Waals surface area contributed by atoms with E-state index in [4.69, 9.17) is 4.74 Å². The fourth-order valence-corrected chi connectivity index (χ4v) is 4.00. The standard InChI is InChI=1S/C31H38N2O3/c1-5-25-15-17-28(18-16-25)36-22-30(34)33(21-27-14-10-9-11-24(27)4)29(31(35)32-20-23(2)3)19-26-12-7-6-8-13-26/h6-18,23,29H,5,19-22H2,1-4H3,(H,32,35)/t29-/m1/s1. The maximum absolute atomic E-state index is 13.7. The van der Waals surface area contributed by atoms with Crippen molar-refractivity contribution in [3.8, 4) is 5.75 Å². The minimum Gasteiger partial charge on any atom is -0.484 e. The second kappa shape index (κ2) is 13.5. The van der Waals surface area contributed by atoms with Gasteiger partial charge in [0.25, 0.3) is 5.91 Å². The minimum absolute atomic E-state index is 0.139. The number of nitrogens with one attached hydrogen (secondary N) is 1. The Morgan fingerprint density at radius 1 is 0.889 bits per heavy atom. The first-order valence-electron chi connectivity index (χ1n) is 12.7. The Kier molecular flexibility index (Phi) is 10.1. The molecule has 0 aromatic heterocycles. The number of ether oxygens (including phenoxy) is 1. The van der Waals surface area contributed by atoms with Gasteiger partial charge in [-0.25, -0.2) is 0 Å². The number of benzene rings is 3. The highest BCUT2D eigenvalue weighted by molar-refractivity contribution is 5.88. The summed E-state index contributed by atoms with van der Waals surface area (Å²) < 4.78 is 5.87. The van der Waals surface area contributed by atoms with Crippen LogP contribution in [0.5, 0.6) is 5.75 Å². The average molecular weight is 487 g/mol. The molecule has 3 aromatic carbocycles. The molecule has 0 heterocycles. The molecular weight excluding hydrogens is 448 g/mol. The van der Waals surface area contributed by atoms with E-state index in [1.54, 1.807) is 4.90 Å². The van der Waals surface area contributed by atoms with Crippen molar-refractivity contribution in [1.29, 1.82) is 0 Å². The van der Waals surface area contributed by atoms with Crippen LogP contribution in [0.15, 0.2) is 78.9 Å². The van der Waals surface area contributed by atoms with Gasteiger partial charge in [0.2, 0.25) is 5.91 Å². The van der Waals surface area contributed by atoms with Gasteiger partial charge in [-0.3, -0.25) is 9.59 Å². The number of rotatable bonds is 12. The molecule has 0 radical (unpaired) electrons. The van der Waals surface area contributed by atoms with Crippen LogP contribution in [0.3, 0.4) is 0 Å². The molecule has 2 amide bonds. The van der Waals surface area contributed by atoms with Crippen LogP contribution in [-0.4, -0.2) is 35.9 Å². The molecule has 0 unspecified atom stereocenters. The van der Waals surface area contributed by atoms with Gasteiger partial charge >= 0.3 is 0 Å². The predicted octanol–water partition coefficient (Wildman–Crippen LogP) is 5.35. The number of nitrogens with zero attached hydrogens (tertiary/aromatic N) is 1. The average Bonchev–Trinajstić information content (AvgIpc) is 2.89. The molecule has 0 fully saturated rings. The normalized spacial score (nSPS) is 11.7. The maximum atomic E-state index is 13.7. The summed E-state index contributed by atoms with van der Waals surface area (Å²) in [5.41, 5.74) is 4.29. The van der Waals surface area contributed by atoms with Crippen molar-refractivity contribution in [2.45, 2.75) is 53.1 Å². The fourth-order valence-electron chi connectivity index (χ4n) is 4.00. The maximum Gasteiger partial charge on any atom is 0.261 e. The van der Waals surface area contributed by atoms with Gasteiger partial charge in [0.05, 0.1) is 0 Å². The Hall–Kier alpha value is -3.60. The van der Waals surface area contributed by atoms with Crippen molar-refractivity contribution in [2.24, 2.45) is 5.92 Å². The number of hydrogen-bond acceptors (Lipinski definition) is 3. The summed E-state index contributed by atoms with van der Waals surface area (Å²) in [7, 11) is 0. The van der Waals surface area contributed by atoms with Gasteiger partial charge in [0, 0.05) is 19.5 Å². The zero-order valence-electron chi connectivity index (χ0n) is 21.9. The van der Waals surface area contributed by atoms with Crippen LogP contribution in [0, 0.1) is 12.8 Å². The summed E-state index contributed by atoms with van der Waals surface area (Å²) in [6.07, 6.45) is 1.36. The highest BCUT2D eigenvalue weighted by atomic mass is 16.5. The van der Waals surface area contributed by atoms with E-state index in [1.807, 2.05) is 85.8 Å². The SMILES string of the molecule is CCc1ccc(OCC(=O)N(Cc2ccccc2C)[C@H](Cc2ccccc2)C(=O)NCC(C)C)cc1. The summed E-state index contributed by atoms with van der Waals surface area (Å²) in [5, 5.41) is 3.05. The van der Waals surface area contributed by atoms with Crippen molar-refractivity contribution >= 4 is 11.8 Å². The largest absolute Gasteiger partial charge is 0.484 e. The molecule has 0 saturated carbocycles. The van der Waals surface area contributed by atoms with E-state index in [0.29, 0.717) is 31.2 Å². The Morgan fingerprint density at radius 2 is 1.56 bits per heavy atom. The predicted molar refractivity (Wildman–Crippen MR) is 145 cm³/mol. The van der Waals surface area contributed by atoms with Crippen LogP contribution in [0.1, 0.15) is 43.0 Å². The van der Waals surface area contributed by atoms with Gasteiger partial charge in [-0.05, 0) is 53.6 Å². The number of hydrogen-bond donors (Lipinski definition) is 1. The molecule has 5 nitrogen and oxygen atoms in total. The van der Waals surface area contributed by atoms with Crippen LogP contribution in [0.4, 0.5) is 0 Å². The Balaban J connectivity index is 1.89. The Labute approximate surface area is 215 Å². The summed E-state index contributed by atoms with van der Waals surface area (Å²) in [5.74, 6) is 0.571. The molecule has 3 rings (SSSR count). The third kappa shape index (κ3) is 7.98. The number of amides is 2. The molecule has 190 valence electrons. The lowest BCUT2D eigenvalue weighted by Gasteiger charge is -2.32. The third-order valence-corrected chi connectivity index (χ3v) is 6.25. The first kappa shape index (κ1) is 27.0. The lowest BCUT2D eigenvalue weighted by molar-refractivity contribution is -0.142. The molecule has 0 spiro atoms. The van der Waals surface area contributed by atoms with E-state index in [2.05, 4.69) is 26.1 Å². The van der Waals surface area contributed by atoms with Crippen molar-refractivity contribution < 1.29 is 14.3 Å². The van der Waals surface area contributed by atoms with E-state index < -0.39 is 6.04 Å². The second-order valence-corrected chi connectivity index (χ2v) is 9.58. The number of carbonyl (C=O) groups excluding carboxylic acids is 2. The number of aryl methyl sites for hydroxylation is 2. The van der Waals surface area contributed by atoms with Crippen LogP contribution < -0.4 is 10.1 Å². The minimum atomic E-state index is -0.663. The molecule has 36 heavy (non-hydrogen) atoms. The molecule has 0 aliphatic rings. The summed E-state index contributed by atoms with van der Waals surface area (Å²) in [6.45, 7) is 8.97. The summed E-state index contributed by atoms with van der Waals surface area (Å²) in [6, 6.07) is 24.9. The van der Waals surface area contributed by atoms with Crippen molar-refractivity contribution in [3.63, 3.8) is 0 Å². The van der Waals surface area contributed by atoms with E-state index in [-0.39, 0.29) is 18.4 Å². The molecule has 0 bridgehead atoms. The van der Waals surface area contributed by atoms with Gasteiger partial charge in [0.1, 0.15) is 11.8 Å². The summed E-state index contributed by atoms with van der Waals surface area (Å²) >= 11 is 0. The molecule has 0 aliphatic carbocycles. The lowest BCUT2D eigenvalue weighted by atomic mass is 10.0. The van der Waals surface area contributed by atoms with Gasteiger partial charge < -0.3 is 15.0 Å². The molecule has 5 heteroatoms. The highest BCUT2D eigenvalue weighted by Gasteiger charge is 2.31. The number of carbonyl (C=O) groups is 2. The molecular formula is C31H38N2O3. The van der Waals surface area contributed by atoms with Crippen molar-refractivity contribution in [1.82, 2.24) is 10.2 Å². The Bertz CT molecular complexity index is 1110. The van der Waals surface area contributed by atoms with Crippen LogP contribution >= 0.6 is 0 Å². The molecule has 0 saturated heterocycles. The van der Waals surface area contributed by atoms with Crippen LogP contribution in [-0.2, 0) is 29.0 Å². The molecule has 1 N–H and O–H groups in total. The molecule has 0 aliphatic heterocycles. The van der Waals surface area contributed by atoms with Gasteiger partial charge in [0.15, 0.2) is 6.61 Å². The van der Waals surface area contributed by atoms with Gasteiger partial charge in [-0.2, -0.15) is 0 Å². The zero-order chi connectivity index (χ0) is 25.9. The first-order valence-corrected chi connectivity index (χ1v) is 12.7.